The van der Waals surface area contributed by atoms with Crippen LogP contribution in [0.4, 0.5) is 14.5 Å². The second-order valence-electron chi connectivity index (χ2n) is 3.81. The summed E-state index contributed by atoms with van der Waals surface area (Å²) >= 11 is 4.37. The van der Waals surface area contributed by atoms with Gasteiger partial charge in [0.25, 0.3) is 0 Å². The van der Waals surface area contributed by atoms with E-state index < -0.39 is 40.4 Å². The average molecular weight is 378 g/mol. The first kappa shape index (κ1) is 15.5. The van der Waals surface area contributed by atoms with Gasteiger partial charge in [0.05, 0.1) is 19.7 Å². The van der Waals surface area contributed by atoms with E-state index in [-0.39, 0.29) is 0 Å². The Bertz CT molecular complexity index is 719. The van der Waals surface area contributed by atoms with Crippen LogP contribution in [0.15, 0.2) is 28.1 Å². The van der Waals surface area contributed by atoms with E-state index in [0.717, 1.165) is 3.79 Å². The monoisotopic (exact) mass is 377 g/mol. The SMILES string of the molecule is O=C(COc1cc(F)c([N+](=O)[O-])cc1F)c1ccc(Br)s1. The van der Waals surface area contributed by atoms with Gasteiger partial charge in [0.1, 0.15) is 0 Å². The largest absolute Gasteiger partial charge is 0.482 e. The number of carbonyl (C=O) groups is 1. The van der Waals surface area contributed by atoms with E-state index >= 15 is 0 Å². The predicted molar refractivity (Wildman–Crippen MR) is 74.9 cm³/mol. The molecule has 110 valence electrons. The summed E-state index contributed by atoms with van der Waals surface area (Å²) < 4.78 is 32.5. The summed E-state index contributed by atoms with van der Waals surface area (Å²) in [6.07, 6.45) is 0. The molecule has 1 aromatic heterocycles. The van der Waals surface area contributed by atoms with Gasteiger partial charge in [0.2, 0.25) is 11.6 Å². The number of ketones is 1. The topological polar surface area (TPSA) is 69.4 Å². The van der Waals surface area contributed by atoms with Gasteiger partial charge in [-0.25, -0.2) is 4.39 Å². The van der Waals surface area contributed by atoms with Crippen molar-refractivity contribution < 1.29 is 23.2 Å². The molecule has 0 saturated heterocycles. The molecule has 0 atom stereocenters. The molecule has 1 heterocycles. The van der Waals surface area contributed by atoms with Crippen LogP contribution in [0.1, 0.15) is 9.67 Å². The lowest BCUT2D eigenvalue weighted by Crippen LogP contribution is -2.11. The second-order valence-corrected chi connectivity index (χ2v) is 6.27. The third-order valence-electron chi connectivity index (χ3n) is 2.40. The zero-order chi connectivity index (χ0) is 15.6. The van der Waals surface area contributed by atoms with Crippen molar-refractivity contribution in [1.82, 2.24) is 0 Å². The highest BCUT2D eigenvalue weighted by atomic mass is 79.9. The Labute approximate surface area is 129 Å². The Morgan fingerprint density at radius 1 is 1.33 bits per heavy atom. The predicted octanol–water partition coefficient (Wildman–Crippen LogP) is 3.96. The number of hydrogen-bond acceptors (Lipinski definition) is 5. The van der Waals surface area contributed by atoms with Crippen LogP contribution in [0.3, 0.4) is 0 Å². The first-order valence-corrected chi connectivity index (χ1v) is 7.04. The molecule has 0 spiro atoms. The van der Waals surface area contributed by atoms with Crippen LogP contribution in [0, 0.1) is 21.7 Å². The number of thiophene rings is 1. The van der Waals surface area contributed by atoms with Gasteiger partial charge in [-0.05, 0) is 28.1 Å². The maximum atomic E-state index is 13.5. The highest BCUT2D eigenvalue weighted by molar-refractivity contribution is 9.11. The van der Waals surface area contributed by atoms with E-state index in [4.69, 9.17) is 4.74 Å². The van der Waals surface area contributed by atoms with Gasteiger partial charge in [0, 0.05) is 6.07 Å². The molecule has 9 heteroatoms. The van der Waals surface area contributed by atoms with Crippen LogP contribution in [-0.2, 0) is 0 Å². The fraction of sp³-hybridized carbons (Fsp3) is 0.0833. The van der Waals surface area contributed by atoms with Crippen LogP contribution in [0.2, 0.25) is 0 Å². The highest BCUT2D eigenvalue weighted by Gasteiger charge is 2.20. The molecule has 0 saturated carbocycles. The van der Waals surface area contributed by atoms with Gasteiger partial charge in [-0.3, -0.25) is 14.9 Å². The van der Waals surface area contributed by atoms with Crippen LogP contribution in [0.5, 0.6) is 5.75 Å². The molecule has 0 aliphatic carbocycles. The van der Waals surface area contributed by atoms with E-state index in [2.05, 4.69) is 15.9 Å². The standard InChI is InChI=1S/C12H6BrF2NO4S/c13-12-2-1-11(21-12)9(17)5-20-10-4-6(14)8(16(18)19)3-7(10)15/h1-4H,5H2. The molecule has 0 N–H and O–H groups in total. The molecule has 2 rings (SSSR count). The van der Waals surface area contributed by atoms with Crippen molar-refractivity contribution in [2.75, 3.05) is 6.61 Å². The summed E-state index contributed by atoms with van der Waals surface area (Å²) in [6.45, 7) is -0.499. The van der Waals surface area contributed by atoms with Gasteiger partial charge in [-0.1, -0.05) is 0 Å². The Kier molecular flexibility index (Phi) is 4.63. The first-order chi connectivity index (χ1) is 9.88. The molecule has 0 unspecified atom stereocenters. The third kappa shape index (κ3) is 3.61. The number of Topliss-reactive ketones (excluding diaryl/α,β-unsaturated/α-hetero) is 1. The molecular weight excluding hydrogens is 372 g/mol. The lowest BCUT2D eigenvalue weighted by molar-refractivity contribution is -0.387. The molecule has 0 bridgehead atoms. The normalized spacial score (nSPS) is 10.4. The molecule has 0 aliphatic heterocycles. The second kappa shape index (κ2) is 6.27. The molecule has 0 radical (unpaired) electrons. The van der Waals surface area contributed by atoms with E-state index in [1.165, 1.54) is 11.3 Å². The maximum absolute atomic E-state index is 13.5. The molecule has 0 amide bonds. The molecule has 5 nitrogen and oxygen atoms in total. The van der Waals surface area contributed by atoms with Gasteiger partial charge in [-0.15, -0.1) is 11.3 Å². The number of nitro groups is 1. The molecular formula is C12H6BrF2NO4S. The van der Waals surface area contributed by atoms with Gasteiger partial charge in [-0.2, -0.15) is 4.39 Å². The zero-order valence-electron chi connectivity index (χ0n) is 10.1. The number of ether oxygens (including phenoxy) is 1. The highest BCUT2D eigenvalue weighted by Crippen LogP contribution is 2.27. The van der Waals surface area contributed by atoms with Crippen molar-refractivity contribution in [2.24, 2.45) is 0 Å². The van der Waals surface area contributed by atoms with Crippen LogP contribution >= 0.6 is 27.3 Å². The number of halogens is 3. The summed E-state index contributed by atoms with van der Waals surface area (Å²) in [7, 11) is 0. The van der Waals surface area contributed by atoms with E-state index in [1.54, 1.807) is 12.1 Å². The fourth-order valence-electron chi connectivity index (χ4n) is 1.45. The Hall–Kier alpha value is -1.87. The average Bonchev–Trinajstić information content (AvgIpc) is 2.85. The molecule has 21 heavy (non-hydrogen) atoms. The number of nitro benzene ring substituents is 1. The van der Waals surface area contributed by atoms with Crippen LogP contribution < -0.4 is 4.74 Å². The number of nitrogens with zero attached hydrogens (tertiary/aromatic N) is 1. The molecule has 0 aliphatic rings. The Balaban J connectivity index is 2.12. The smallest absolute Gasteiger partial charge is 0.307 e. The van der Waals surface area contributed by atoms with Crippen molar-refractivity contribution in [3.8, 4) is 5.75 Å². The maximum Gasteiger partial charge on any atom is 0.307 e. The Morgan fingerprint density at radius 3 is 2.62 bits per heavy atom. The summed E-state index contributed by atoms with van der Waals surface area (Å²) in [6, 6.07) is 4.19. The van der Waals surface area contributed by atoms with Crippen molar-refractivity contribution in [3.63, 3.8) is 0 Å². The lowest BCUT2D eigenvalue weighted by atomic mass is 10.2. The van der Waals surface area contributed by atoms with Crippen molar-refractivity contribution >= 4 is 38.7 Å². The summed E-state index contributed by atoms with van der Waals surface area (Å²) in [4.78, 5) is 21.5. The van der Waals surface area contributed by atoms with Crippen molar-refractivity contribution in [2.45, 2.75) is 0 Å². The quantitative estimate of drug-likeness (QED) is 0.449. The summed E-state index contributed by atoms with van der Waals surface area (Å²) in [5.74, 6) is -3.31. The van der Waals surface area contributed by atoms with E-state index in [0.29, 0.717) is 17.0 Å². The molecule has 2 aromatic rings. The van der Waals surface area contributed by atoms with E-state index in [9.17, 15) is 23.7 Å². The van der Waals surface area contributed by atoms with Gasteiger partial charge in [0.15, 0.2) is 18.2 Å². The minimum atomic E-state index is -1.23. The zero-order valence-corrected chi connectivity index (χ0v) is 12.5. The minimum absolute atomic E-state index is 0.393. The van der Waals surface area contributed by atoms with Crippen molar-refractivity contribution in [3.05, 3.63) is 54.7 Å². The van der Waals surface area contributed by atoms with E-state index in [1.807, 2.05) is 0 Å². The third-order valence-corrected chi connectivity index (χ3v) is 4.07. The minimum Gasteiger partial charge on any atom is -0.482 e. The lowest BCUT2D eigenvalue weighted by Gasteiger charge is -2.06. The number of benzene rings is 1. The van der Waals surface area contributed by atoms with Gasteiger partial charge < -0.3 is 4.74 Å². The summed E-state index contributed by atoms with van der Waals surface area (Å²) in [5, 5.41) is 10.4. The fourth-order valence-corrected chi connectivity index (χ4v) is 2.76. The first-order valence-electron chi connectivity index (χ1n) is 5.43. The van der Waals surface area contributed by atoms with Crippen molar-refractivity contribution in [1.29, 1.82) is 0 Å². The van der Waals surface area contributed by atoms with Gasteiger partial charge >= 0.3 is 5.69 Å². The molecule has 1 aromatic carbocycles. The summed E-state index contributed by atoms with van der Waals surface area (Å²) in [5.41, 5.74) is -0.992. The van der Waals surface area contributed by atoms with Crippen LogP contribution in [-0.4, -0.2) is 17.3 Å². The Morgan fingerprint density at radius 2 is 2.05 bits per heavy atom. The number of rotatable bonds is 5. The van der Waals surface area contributed by atoms with Crippen LogP contribution in [0.25, 0.3) is 0 Å². The number of carbonyl (C=O) groups excluding carboxylic acids is 1. The molecule has 0 fully saturated rings. The number of hydrogen-bond donors (Lipinski definition) is 0.